The van der Waals surface area contributed by atoms with E-state index in [1.54, 1.807) is 12.3 Å². The van der Waals surface area contributed by atoms with Crippen molar-refractivity contribution in [3.8, 4) is 23.1 Å². The molecule has 9 heteroatoms. The van der Waals surface area contributed by atoms with Crippen molar-refractivity contribution in [3.63, 3.8) is 0 Å². The first-order valence-corrected chi connectivity index (χ1v) is 6.98. The highest BCUT2D eigenvalue weighted by Gasteiger charge is 2.32. The van der Waals surface area contributed by atoms with E-state index in [1.165, 1.54) is 0 Å². The van der Waals surface area contributed by atoms with E-state index >= 15 is 0 Å². The molecule has 114 valence electrons. The van der Waals surface area contributed by atoms with Gasteiger partial charge in [-0.15, -0.1) is 0 Å². The van der Waals surface area contributed by atoms with Crippen LogP contribution in [0.1, 0.15) is 11.1 Å². The summed E-state index contributed by atoms with van der Waals surface area (Å²) in [5, 5.41) is 18.6. The van der Waals surface area contributed by atoms with Gasteiger partial charge in [0.25, 0.3) is 5.56 Å². The van der Waals surface area contributed by atoms with Crippen LogP contribution in [0.15, 0.2) is 28.2 Å². The molecule has 0 aliphatic heterocycles. The van der Waals surface area contributed by atoms with Gasteiger partial charge in [0.2, 0.25) is 0 Å². The fourth-order valence-electron chi connectivity index (χ4n) is 1.77. The fourth-order valence-corrected chi connectivity index (χ4v) is 2.15. The number of H-pyrrole nitrogens is 1. The van der Waals surface area contributed by atoms with Gasteiger partial charge in [-0.1, -0.05) is 11.8 Å². The molecule has 1 aromatic heterocycles. The predicted molar refractivity (Wildman–Crippen MR) is 73.5 cm³/mol. The summed E-state index contributed by atoms with van der Waals surface area (Å²) in [5.74, 6) is -0.638. The Kier molecular flexibility index (Phi) is 4.14. The van der Waals surface area contributed by atoms with Crippen molar-refractivity contribution in [2.75, 3.05) is 6.26 Å². The van der Waals surface area contributed by atoms with E-state index in [0.717, 1.165) is 23.9 Å². The third-order valence-corrected chi connectivity index (χ3v) is 3.30. The minimum atomic E-state index is -4.68. The molecular weight excluding hydrogens is 319 g/mol. The topological polar surface area (TPSA) is 89.8 Å². The Morgan fingerprint density at radius 3 is 2.59 bits per heavy atom. The van der Waals surface area contributed by atoms with Crippen LogP contribution in [0.2, 0.25) is 0 Å². The Morgan fingerprint density at radius 2 is 2.05 bits per heavy atom. The Labute approximate surface area is 126 Å². The molecule has 2 rings (SSSR count). The van der Waals surface area contributed by atoms with Gasteiger partial charge in [-0.25, -0.2) is 4.98 Å². The Hall–Kier alpha value is -2.47. The lowest BCUT2D eigenvalue weighted by Crippen LogP contribution is -2.15. The highest BCUT2D eigenvalue weighted by atomic mass is 32.2. The van der Waals surface area contributed by atoms with Crippen LogP contribution in [-0.4, -0.2) is 21.3 Å². The van der Waals surface area contributed by atoms with Gasteiger partial charge in [0, 0.05) is 5.56 Å². The first-order valence-electron chi connectivity index (χ1n) is 5.76. The number of hydrogen-bond acceptors (Lipinski definition) is 5. The summed E-state index contributed by atoms with van der Waals surface area (Å²) in [6.45, 7) is 0. The van der Waals surface area contributed by atoms with Gasteiger partial charge in [-0.2, -0.15) is 18.4 Å². The van der Waals surface area contributed by atoms with Crippen LogP contribution in [0.3, 0.4) is 0 Å². The maximum atomic E-state index is 12.8. The van der Waals surface area contributed by atoms with Crippen LogP contribution < -0.4 is 5.56 Å². The molecule has 0 aliphatic carbocycles. The maximum absolute atomic E-state index is 12.8. The number of alkyl halides is 3. The molecule has 0 atom stereocenters. The van der Waals surface area contributed by atoms with Gasteiger partial charge in [0.15, 0.2) is 5.16 Å². The average Bonchev–Trinajstić information content (AvgIpc) is 2.44. The Balaban J connectivity index is 2.77. The molecular formula is C13H8F3N3O2S. The number of aromatic nitrogens is 2. The maximum Gasteiger partial charge on any atom is 0.416 e. The second-order valence-electron chi connectivity index (χ2n) is 4.18. The van der Waals surface area contributed by atoms with Crippen LogP contribution in [0.5, 0.6) is 5.75 Å². The van der Waals surface area contributed by atoms with Crippen molar-refractivity contribution in [3.05, 3.63) is 39.7 Å². The van der Waals surface area contributed by atoms with Gasteiger partial charge in [-0.05, 0) is 24.5 Å². The number of rotatable bonds is 2. The van der Waals surface area contributed by atoms with E-state index in [9.17, 15) is 23.1 Å². The SMILES string of the molecule is CSc1nc(-c2cc(O)cc(C(F)(F)F)c2)c(C#N)c(=O)[nH]1. The molecule has 1 heterocycles. The summed E-state index contributed by atoms with van der Waals surface area (Å²) < 4.78 is 38.4. The van der Waals surface area contributed by atoms with E-state index in [-0.39, 0.29) is 16.4 Å². The molecule has 0 aliphatic rings. The number of nitrogens with one attached hydrogen (secondary N) is 1. The highest BCUT2D eigenvalue weighted by Crippen LogP contribution is 2.35. The summed E-state index contributed by atoms with van der Waals surface area (Å²) in [6, 6.07) is 3.91. The third kappa shape index (κ3) is 3.07. The van der Waals surface area contributed by atoms with Crippen LogP contribution in [0.25, 0.3) is 11.3 Å². The van der Waals surface area contributed by atoms with Gasteiger partial charge in [0.1, 0.15) is 17.4 Å². The first kappa shape index (κ1) is 15.9. The number of phenols is 1. The molecule has 2 N–H and O–H groups in total. The number of nitriles is 1. The fraction of sp³-hybridized carbons (Fsp3) is 0.154. The van der Waals surface area contributed by atoms with E-state index in [4.69, 9.17) is 5.26 Å². The number of nitrogens with zero attached hydrogens (tertiary/aromatic N) is 2. The Bertz CT molecular complexity index is 825. The summed E-state index contributed by atoms with van der Waals surface area (Å²) in [7, 11) is 0. The highest BCUT2D eigenvalue weighted by molar-refractivity contribution is 7.98. The van der Waals surface area contributed by atoms with E-state index < -0.39 is 28.6 Å². The molecule has 22 heavy (non-hydrogen) atoms. The number of aromatic hydroxyl groups is 1. The number of hydrogen-bond donors (Lipinski definition) is 2. The van der Waals surface area contributed by atoms with Crippen LogP contribution >= 0.6 is 11.8 Å². The second-order valence-corrected chi connectivity index (χ2v) is 4.97. The van der Waals surface area contributed by atoms with Crippen molar-refractivity contribution in [1.82, 2.24) is 9.97 Å². The molecule has 1 aromatic carbocycles. The molecule has 0 unspecified atom stereocenters. The molecule has 0 spiro atoms. The van der Waals surface area contributed by atoms with Crippen molar-refractivity contribution in [2.45, 2.75) is 11.3 Å². The number of aromatic amines is 1. The van der Waals surface area contributed by atoms with Gasteiger partial charge in [-0.3, -0.25) is 4.79 Å². The zero-order valence-corrected chi connectivity index (χ0v) is 11.8. The standard InChI is InChI=1S/C13H8F3N3O2S/c1-22-12-18-10(9(5-17)11(21)19-12)6-2-7(13(14,15)16)4-8(20)3-6/h2-4,20H,1H3,(H,18,19,21). The van der Waals surface area contributed by atoms with E-state index in [1.807, 2.05) is 0 Å². The lowest BCUT2D eigenvalue weighted by molar-refractivity contribution is -0.137. The second kappa shape index (κ2) is 5.73. The average molecular weight is 327 g/mol. The third-order valence-electron chi connectivity index (χ3n) is 2.72. The summed E-state index contributed by atoms with van der Waals surface area (Å²) >= 11 is 1.06. The number of phenolic OH excluding ortho intramolecular Hbond substituents is 1. The first-order chi connectivity index (χ1) is 10.3. The van der Waals surface area contributed by atoms with Crippen LogP contribution in [0, 0.1) is 11.3 Å². The summed E-state index contributed by atoms with van der Waals surface area (Å²) in [4.78, 5) is 18.1. The monoisotopic (exact) mass is 327 g/mol. The molecule has 0 radical (unpaired) electrons. The number of halogens is 3. The van der Waals surface area contributed by atoms with Gasteiger partial charge >= 0.3 is 6.18 Å². The summed E-state index contributed by atoms with van der Waals surface area (Å²) in [5.41, 5.74) is -2.65. The molecule has 0 amide bonds. The van der Waals surface area contributed by atoms with E-state index in [0.29, 0.717) is 6.07 Å². The van der Waals surface area contributed by atoms with E-state index in [2.05, 4.69) is 9.97 Å². The minimum Gasteiger partial charge on any atom is -0.508 e. The molecule has 5 nitrogen and oxygen atoms in total. The molecule has 0 saturated carbocycles. The van der Waals surface area contributed by atoms with Crippen molar-refractivity contribution >= 4 is 11.8 Å². The zero-order valence-electron chi connectivity index (χ0n) is 11.0. The van der Waals surface area contributed by atoms with Crippen LogP contribution in [0.4, 0.5) is 13.2 Å². The van der Waals surface area contributed by atoms with Gasteiger partial charge < -0.3 is 10.1 Å². The normalized spacial score (nSPS) is 11.2. The number of benzene rings is 1. The lowest BCUT2D eigenvalue weighted by Gasteiger charge is -2.11. The van der Waals surface area contributed by atoms with Crippen molar-refractivity contribution in [2.24, 2.45) is 0 Å². The molecule has 0 fully saturated rings. The predicted octanol–water partition coefficient (Wildman–Crippen LogP) is 2.75. The zero-order chi connectivity index (χ0) is 16.5. The quantitative estimate of drug-likeness (QED) is 0.654. The molecule has 0 bridgehead atoms. The van der Waals surface area contributed by atoms with Crippen LogP contribution in [-0.2, 0) is 6.18 Å². The van der Waals surface area contributed by atoms with Gasteiger partial charge in [0.05, 0.1) is 11.3 Å². The Morgan fingerprint density at radius 1 is 1.36 bits per heavy atom. The molecule has 0 saturated heterocycles. The summed E-state index contributed by atoms with van der Waals surface area (Å²) in [6.07, 6.45) is -3.07. The largest absolute Gasteiger partial charge is 0.508 e. The molecule has 2 aromatic rings. The van der Waals surface area contributed by atoms with Crippen molar-refractivity contribution < 1.29 is 18.3 Å². The number of thioether (sulfide) groups is 1. The smallest absolute Gasteiger partial charge is 0.416 e. The lowest BCUT2D eigenvalue weighted by atomic mass is 10.0. The minimum absolute atomic E-state index is 0.149. The van der Waals surface area contributed by atoms with Crippen molar-refractivity contribution in [1.29, 1.82) is 5.26 Å².